The molecule has 0 saturated heterocycles. The summed E-state index contributed by atoms with van der Waals surface area (Å²) in [4.78, 5) is 10.8. The highest BCUT2D eigenvalue weighted by Crippen LogP contribution is 2.34. The topological polar surface area (TPSA) is 26.3 Å². The van der Waals surface area contributed by atoms with Crippen molar-refractivity contribution in [3.8, 4) is 16.9 Å². The van der Waals surface area contributed by atoms with Gasteiger partial charge >= 0.3 is 0 Å². The number of carbonyl (C=O) groups is 1. The van der Waals surface area contributed by atoms with Crippen LogP contribution in [-0.4, -0.2) is 13.4 Å². The van der Waals surface area contributed by atoms with Gasteiger partial charge in [0, 0.05) is 20.1 Å². The molecule has 0 aliphatic rings. The fraction of sp³-hybridized carbons (Fsp3) is 0.0714. The van der Waals surface area contributed by atoms with E-state index in [-0.39, 0.29) is 0 Å². The van der Waals surface area contributed by atoms with Gasteiger partial charge in [-0.05, 0) is 35.9 Å². The van der Waals surface area contributed by atoms with Crippen LogP contribution in [-0.2, 0) is 0 Å². The van der Waals surface area contributed by atoms with Crippen LogP contribution in [0.3, 0.4) is 0 Å². The number of rotatable bonds is 3. The molecule has 92 valence electrons. The Morgan fingerprint density at radius 1 is 1.11 bits per heavy atom. The van der Waals surface area contributed by atoms with Crippen LogP contribution in [0.1, 0.15) is 10.4 Å². The summed E-state index contributed by atoms with van der Waals surface area (Å²) in [5.74, 6) is 0.795. The van der Waals surface area contributed by atoms with Gasteiger partial charge in [0.25, 0.3) is 0 Å². The standard InChI is InChI=1S/C14H10Br2O2/c1-18-14-5-4-11(15)7-12(14)9-2-3-10(8-17)13(16)6-9/h2-8H,1H3. The number of aldehydes is 1. The minimum Gasteiger partial charge on any atom is -0.496 e. The van der Waals surface area contributed by atoms with Crippen LogP contribution < -0.4 is 4.74 Å². The first-order chi connectivity index (χ1) is 8.65. The third-order valence-corrected chi connectivity index (χ3v) is 3.78. The third kappa shape index (κ3) is 2.65. The van der Waals surface area contributed by atoms with Crippen molar-refractivity contribution in [2.45, 2.75) is 0 Å². The molecule has 0 fully saturated rings. The number of carbonyl (C=O) groups excluding carboxylic acids is 1. The summed E-state index contributed by atoms with van der Waals surface area (Å²) < 4.78 is 7.10. The number of ether oxygens (including phenoxy) is 1. The predicted octanol–water partition coefficient (Wildman–Crippen LogP) is 4.70. The van der Waals surface area contributed by atoms with Crippen molar-refractivity contribution in [1.29, 1.82) is 0 Å². The Kier molecular flexibility index (Phi) is 4.19. The van der Waals surface area contributed by atoms with Gasteiger partial charge in [0.05, 0.1) is 7.11 Å². The lowest BCUT2D eigenvalue weighted by Gasteiger charge is -2.10. The Morgan fingerprint density at radius 3 is 2.50 bits per heavy atom. The fourth-order valence-electron chi connectivity index (χ4n) is 1.70. The third-order valence-electron chi connectivity index (χ3n) is 2.60. The molecule has 0 saturated carbocycles. The van der Waals surface area contributed by atoms with Crippen molar-refractivity contribution in [3.05, 3.63) is 50.9 Å². The Morgan fingerprint density at radius 2 is 1.89 bits per heavy atom. The predicted molar refractivity (Wildman–Crippen MR) is 79.2 cm³/mol. The maximum absolute atomic E-state index is 10.8. The van der Waals surface area contributed by atoms with Gasteiger partial charge in [0.2, 0.25) is 0 Å². The van der Waals surface area contributed by atoms with Gasteiger partial charge < -0.3 is 4.74 Å². The first-order valence-electron chi connectivity index (χ1n) is 5.24. The van der Waals surface area contributed by atoms with Gasteiger partial charge in [-0.25, -0.2) is 0 Å². The zero-order valence-electron chi connectivity index (χ0n) is 9.61. The van der Waals surface area contributed by atoms with E-state index in [1.807, 2.05) is 30.3 Å². The number of hydrogen-bond donors (Lipinski definition) is 0. The van der Waals surface area contributed by atoms with Crippen LogP contribution in [0, 0.1) is 0 Å². The van der Waals surface area contributed by atoms with Crippen LogP contribution >= 0.6 is 31.9 Å². The van der Waals surface area contributed by atoms with E-state index in [1.165, 1.54) is 0 Å². The molecule has 2 aromatic rings. The summed E-state index contributed by atoms with van der Waals surface area (Å²) in [6, 6.07) is 11.4. The highest BCUT2D eigenvalue weighted by molar-refractivity contribution is 9.10. The van der Waals surface area contributed by atoms with Crippen molar-refractivity contribution in [1.82, 2.24) is 0 Å². The number of benzene rings is 2. The van der Waals surface area contributed by atoms with E-state index in [0.717, 1.165) is 32.1 Å². The van der Waals surface area contributed by atoms with E-state index in [0.29, 0.717) is 5.56 Å². The number of hydrogen-bond acceptors (Lipinski definition) is 2. The molecule has 0 unspecified atom stereocenters. The van der Waals surface area contributed by atoms with E-state index in [9.17, 15) is 4.79 Å². The molecule has 0 heterocycles. The molecular weight excluding hydrogens is 360 g/mol. The number of methoxy groups -OCH3 is 1. The normalized spacial score (nSPS) is 10.2. The zero-order valence-corrected chi connectivity index (χ0v) is 12.8. The van der Waals surface area contributed by atoms with Crippen molar-refractivity contribution in [2.24, 2.45) is 0 Å². The lowest BCUT2D eigenvalue weighted by Crippen LogP contribution is -1.89. The zero-order chi connectivity index (χ0) is 13.1. The molecule has 18 heavy (non-hydrogen) atoms. The maximum Gasteiger partial charge on any atom is 0.151 e. The van der Waals surface area contributed by atoms with Gasteiger partial charge in [-0.1, -0.05) is 37.9 Å². The van der Waals surface area contributed by atoms with Gasteiger partial charge in [-0.3, -0.25) is 4.79 Å². The van der Waals surface area contributed by atoms with Gasteiger partial charge in [-0.15, -0.1) is 0 Å². The molecule has 0 amide bonds. The molecule has 0 aliphatic heterocycles. The fourth-order valence-corrected chi connectivity index (χ4v) is 2.53. The minimum atomic E-state index is 0.632. The van der Waals surface area contributed by atoms with Crippen LogP contribution in [0.15, 0.2) is 45.3 Å². The molecule has 0 atom stereocenters. The van der Waals surface area contributed by atoms with E-state index in [2.05, 4.69) is 31.9 Å². The molecule has 0 radical (unpaired) electrons. The quantitative estimate of drug-likeness (QED) is 0.733. The van der Waals surface area contributed by atoms with Crippen molar-refractivity contribution >= 4 is 38.1 Å². The van der Waals surface area contributed by atoms with Crippen LogP contribution in [0.4, 0.5) is 0 Å². The molecule has 0 aromatic heterocycles. The lowest BCUT2D eigenvalue weighted by molar-refractivity contribution is 0.112. The Hall–Kier alpha value is -1.13. The largest absolute Gasteiger partial charge is 0.496 e. The molecule has 0 spiro atoms. The van der Waals surface area contributed by atoms with E-state index >= 15 is 0 Å². The van der Waals surface area contributed by atoms with E-state index in [4.69, 9.17) is 4.74 Å². The Balaban J connectivity index is 2.57. The smallest absolute Gasteiger partial charge is 0.151 e. The van der Waals surface area contributed by atoms with E-state index in [1.54, 1.807) is 13.2 Å². The van der Waals surface area contributed by atoms with Crippen LogP contribution in [0.2, 0.25) is 0 Å². The molecule has 2 nitrogen and oxygen atoms in total. The van der Waals surface area contributed by atoms with Crippen LogP contribution in [0.25, 0.3) is 11.1 Å². The summed E-state index contributed by atoms with van der Waals surface area (Å²) in [6.07, 6.45) is 0.825. The lowest BCUT2D eigenvalue weighted by atomic mass is 10.0. The molecule has 0 bridgehead atoms. The first kappa shape index (κ1) is 13.3. The van der Waals surface area contributed by atoms with Gasteiger partial charge in [-0.2, -0.15) is 0 Å². The molecule has 2 aromatic carbocycles. The molecule has 4 heteroatoms. The Bertz CT molecular complexity index is 594. The molecular formula is C14H10Br2O2. The highest BCUT2D eigenvalue weighted by atomic mass is 79.9. The second-order valence-electron chi connectivity index (χ2n) is 3.70. The summed E-state index contributed by atoms with van der Waals surface area (Å²) >= 11 is 6.83. The van der Waals surface area contributed by atoms with Crippen LogP contribution in [0.5, 0.6) is 5.75 Å². The molecule has 0 aliphatic carbocycles. The second-order valence-corrected chi connectivity index (χ2v) is 5.47. The first-order valence-corrected chi connectivity index (χ1v) is 6.83. The van der Waals surface area contributed by atoms with Crippen molar-refractivity contribution in [3.63, 3.8) is 0 Å². The number of halogens is 2. The average Bonchev–Trinajstić information content (AvgIpc) is 2.38. The van der Waals surface area contributed by atoms with Gasteiger partial charge in [0.1, 0.15) is 5.75 Å². The highest BCUT2D eigenvalue weighted by Gasteiger charge is 2.08. The van der Waals surface area contributed by atoms with Crippen molar-refractivity contribution < 1.29 is 9.53 Å². The summed E-state index contributed by atoms with van der Waals surface area (Å²) in [7, 11) is 1.64. The molecule has 2 rings (SSSR count). The molecule has 0 N–H and O–H groups in total. The SMILES string of the molecule is COc1ccc(Br)cc1-c1ccc(C=O)c(Br)c1. The monoisotopic (exact) mass is 368 g/mol. The summed E-state index contributed by atoms with van der Waals surface area (Å²) in [6.45, 7) is 0. The van der Waals surface area contributed by atoms with Gasteiger partial charge in [0.15, 0.2) is 6.29 Å². The second kappa shape index (κ2) is 5.67. The summed E-state index contributed by atoms with van der Waals surface area (Å²) in [5.41, 5.74) is 2.60. The van der Waals surface area contributed by atoms with E-state index < -0.39 is 0 Å². The maximum atomic E-state index is 10.8. The minimum absolute atomic E-state index is 0.632. The summed E-state index contributed by atoms with van der Waals surface area (Å²) in [5, 5.41) is 0. The van der Waals surface area contributed by atoms with Crippen molar-refractivity contribution in [2.75, 3.05) is 7.11 Å². The Labute approximate surface area is 122 Å². The average molecular weight is 370 g/mol.